The van der Waals surface area contributed by atoms with Gasteiger partial charge >= 0.3 is 5.97 Å². The number of rotatable bonds is 11. The van der Waals surface area contributed by atoms with Gasteiger partial charge in [0.25, 0.3) is 5.91 Å². The Bertz CT molecular complexity index is 1230. The Labute approximate surface area is 247 Å². The number of ketones is 1. The van der Waals surface area contributed by atoms with Crippen molar-refractivity contribution in [2.24, 2.45) is 5.41 Å². The van der Waals surface area contributed by atoms with Gasteiger partial charge in [-0.3, -0.25) is 9.59 Å². The molecular formula is C32H41NO9. The Morgan fingerprint density at radius 3 is 2.43 bits per heavy atom. The molecule has 1 amide bonds. The van der Waals surface area contributed by atoms with E-state index in [9.17, 15) is 14.4 Å². The maximum Gasteiger partial charge on any atom is 0.329 e. The highest BCUT2D eigenvalue weighted by Crippen LogP contribution is 2.39. The highest BCUT2D eigenvalue weighted by atomic mass is 16.9. The van der Waals surface area contributed by atoms with Gasteiger partial charge in [-0.15, -0.1) is 0 Å². The third-order valence-corrected chi connectivity index (χ3v) is 7.32. The predicted octanol–water partition coefficient (Wildman–Crippen LogP) is 5.47. The summed E-state index contributed by atoms with van der Waals surface area (Å²) >= 11 is 0. The van der Waals surface area contributed by atoms with Crippen LogP contribution in [0.1, 0.15) is 69.7 Å². The standard InChI is InChI=1S/C32H41NO9/c1-31(2,3)30(36)33(42-28-11-6-7-19-39-28)26-10-8-9-25(27(35)16-18-34)29(26)22-12-14-23(15-13-22)41-32(38-5)21-24(37-4)17-20-40-32/h8-10,12-15,18,24,28H,6-7,11,16-17,19-21H2,1-5H3. The van der Waals surface area contributed by atoms with Crippen LogP contribution in [-0.4, -0.2) is 63.8 Å². The van der Waals surface area contributed by atoms with Crippen molar-refractivity contribution in [1.82, 2.24) is 0 Å². The van der Waals surface area contributed by atoms with E-state index in [1.54, 1.807) is 70.3 Å². The summed E-state index contributed by atoms with van der Waals surface area (Å²) in [5.41, 5.74) is 0.944. The molecule has 2 saturated heterocycles. The van der Waals surface area contributed by atoms with Crippen molar-refractivity contribution >= 4 is 23.7 Å². The molecule has 10 heteroatoms. The number of hydrogen-bond donors (Lipinski definition) is 0. The normalized spacial score (nSPS) is 22.8. The number of ether oxygens (including phenoxy) is 5. The Kier molecular flexibility index (Phi) is 10.5. The van der Waals surface area contributed by atoms with Gasteiger partial charge in [-0.05, 0) is 43.0 Å². The molecule has 2 aromatic carbocycles. The molecule has 3 atom stereocenters. The molecule has 2 aliphatic rings. The highest BCUT2D eigenvalue weighted by Gasteiger charge is 2.41. The van der Waals surface area contributed by atoms with Crippen LogP contribution in [0.15, 0.2) is 42.5 Å². The molecule has 228 valence electrons. The van der Waals surface area contributed by atoms with E-state index in [4.69, 9.17) is 28.5 Å². The summed E-state index contributed by atoms with van der Waals surface area (Å²) in [7, 11) is 3.16. The van der Waals surface area contributed by atoms with Crippen LogP contribution in [0.25, 0.3) is 11.1 Å². The van der Waals surface area contributed by atoms with Gasteiger partial charge in [-0.1, -0.05) is 45.0 Å². The van der Waals surface area contributed by atoms with Gasteiger partial charge in [-0.25, -0.2) is 4.84 Å². The Morgan fingerprint density at radius 1 is 1.05 bits per heavy atom. The predicted molar refractivity (Wildman–Crippen MR) is 155 cm³/mol. The molecule has 0 aromatic heterocycles. The van der Waals surface area contributed by atoms with Crippen molar-refractivity contribution in [3.63, 3.8) is 0 Å². The number of methoxy groups -OCH3 is 2. The van der Waals surface area contributed by atoms with Gasteiger partial charge < -0.3 is 28.5 Å². The number of anilines is 1. The van der Waals surface area contributed by atoms with Gasteiger partial charge in [0, 0.05) is 43.8 Å². The van der Waals surface area contributed by atoms with Crippen LogP contribution in [0.3, 0.4) is 0 Å². The minimum Gasteiger partial charge on any atom is -0.439 e. The second-order valence-electron chi connectivity index (χ2n) is 11.5. The fourth-order valence-electron chi connectivity index (χ4n) is 4.97. The summed E-state index contributed by atoms with van der Waals surface area (Å²) < 4.78 is 28.9. The Morgan fingerprint density at radius 2 is 1.81 bits per heavy atom. The van der Waals surface area contributed by atoms with E-state index >= 15 is 0 Å². The van der Waals surface area contributed by atoms with Gasteiger partial charge in [0.1, 0.15) is 12.0 Å². The molecule has 4 rings (SSSR count). The maximum atomic E-state index is 13.8. The van der Waals surface area contributed by atoms with E-state index in [2.05, 4.69) is 0 Å². The van der Waals surface area contributed by atoms with Crippen LogP contribution in [0.4, 0.5) is 5.69 Å². The van der Waals surface area contributed by atoms with E-state index in [0.29, 0.717) is 60.5 Å². The van der Waals surface area contributed by atoms with E-state index in [1.807, 2.05) is 0 Å². The zero-order valence-corrected chi connectivity index (χ0v) is 25.1. The molecule has 0 spiro atoms. The third kappa shape index (κ3) is 7.43. The summed E-state index contributed by atoms with van der Waals surface area (Å²) in [4.78, 5) is 44.5. The lowest BCUT2D eigenvalue weighted by Crippen LogP contribution is -2.48. The van der Waals surface area contributed by atoms with Crippen LogP contribution in [0.5, 0.6) is 5.75 Å². The number of carbonyl (C=O) groups excluding carboxylic acids is 3. The number of benzene rings is 2. The van der Waals surface area contributed by atoms with E-state index in [1.165, 1.54) is 12.2 Å². The molecule has 42 heavy (non-hydrogen) atoms. The second kappa shape index (κ2) is 13.9. The Balaban J connectivity index is 1.76. The van der Waals surface area contributed by atoms with Crippen molar-refractivity contribution in [1.29, 1.82) is 0 Å². The van der Waals surface area contributed by atoms with Crippen LogP contribution >= 0.6 is 0 Å². The van der Waals surface area contributed by atoms with Crippen molar-refractivity contribution in [3.8, 4) is 16.9 Å². The average molecular weight is 584 g/mol. The SMILES string of the molecule is COC1CCOC(OC)(Oc2ccc(-c3c(C(=O)CC=O)cccc3N(OC3CCCCO3)C(=O)C(C)(C)C)cc2)C1. The van der Waals surface area contributed by atoms with Gasteiger partial charge in [0.15, 0.2) is 12.1 Å². The summed E-state index contributed by atoms with van der Waals surface area (Å²) in [5, 5.41) is 1.24. The number of hydroxylamine groups is 1. The fourth-order valence-corrected chi connectivity index (χ4v) is 4.97. The minimum atomic E-state index is -1.30. The lowest BCUT2D eigenvalue weighted by atomic mass is 9.92. The van der Waals surface area contributed by atoms with Crippen molar-refractivity contribution < 1.29 is 42.9 Å². The van der Waals surface area contributed by atoms with Crippen molar-refractivity contribution in [3.05, 3.63) is 48.0 Å². The van der Waals surface area contributed by atoms with Crippen LogP contribution in [0, 0.1) is 5.41 Å². The smallest absolute Gasteiger partial charge is 0.329 e. The van der Waals surface area contributed by atoms with E-state index in [0.717, 1.165) is 19.3 Å². The molecule has 0 bridgehead atoms. The number of carbonyl (C=O) groups is 3. The van der Waals surface area contributed by atoms with E-state index < -0.39 is 17.7 Å². The zero-order chi connectivity index (χ0) is 30.3. The number of aldehydes is 1. The van der Waals surface area contributed by atoms with E-state index in [-0.39, 0.29) is 24.2 Å². The van der Waals surface area contributed by atoms with Crippen LogP contribution < -0.4 is 9.80 Å². The largest absolute Gasteiger partial charge is 0.439 e. The number of nitrogens with zero attached hydrogens (tertiary/aromatic N) is 1. The first-order valence-corrected chi connectivity index (χ1v) is 14.3. The van der Waals surface area contributed by atoms with Crippen LogP contribution in [-0.2, 0) is 33.4 Å². The zero-order valence-electron chi connectivity index (χ0n) is 25.1. The molecule has 0 N–H and O–H groups in total. The fraction of sp³-hybridized carbons (Fsp3) is 0.531. The number of amides is 1. The third-order valence-electron chi connectivity index (χ3n) is 7.32. The molecule has 0 aliphatic carbocycles. The van der Waals surface area contributed by atoms with Crippen molar-refractivity contribution in [2.75, 3.05) is 32.5 Å². The first-order valence-electron chi connectivity index (χ1n) is 14.3. The molecule has 2 aromatic rings. The maximum absolute atomic E-state index is 13.8. The van der Waals surface area contributed by atoms with Gasteiger partial charge in [0.2, 0.25) is 0 Å². The highest BCUT2D eigenvalue weighted by molar-refractivity contribution is 6.11. The topological polar surface area (TPSA) is 110 Å². The lowest BCUT2D eigenvalue weighted by molar-refractivity contribution is -0.359. The molecule has 10 nitrogen and oxygen atoms in total. The molecule has 2 fully saturated rings. The summed E-state index contributed by atoms with van der Waals surface area (Å²) in [6.45, 7) is 6.35. The molecule has 2 aliphatic heterocycles. The van der Waals surface area contributed by atoms with Gasteiger partial charge in [0.05, 0.1) is 31.2 Å². The minimum absolute atomic E-state index is 0.0734. The quantitative estimate of drug-likeness (QED) is 0.112. The monoisotopic (exact) mass is 583 g/mol. The lowest BCUT2D eigenvalue weighted by Gasteiger charge is -2.38. The summed E-state index contributed by atoms with van der Waals surface area (Å²) in [5.74, 6) is -1.50. The van der Waals surface area contributed by atoms with Gasteiger partial charge in [-0.2, -0.15) is 5.06 Å². The second-order valence-corrected chi connectivity index (χ2v) is 11.5. The molecular weight excluding hydrogens is 542 g/mol. The summed E-state index contributed by atoms with van der Waals surface area (Å²) in [6.07, 6.45) is 3.17. The Hall–Kier alpha value is -3.15. The summed E-state index contributed by atoms with van der Waals surface area (Å²) in [6, 6.07) is 12.1. The molecule has 2 heterocycles. The first kappa shape index (κ1) is 31.8. The molecule has 3 unspecified atom stereocenters. The number of Topliss-reactive ketones (excluding diaryl/α,β-unsaturated/α-hetero) is 1. The molecule has 0 radical (unpaired) electrons. The van der Waals surface area contributed by atoms with Crippen molar-refractivity contribution in [2.45, 2.75) is 77.7 Å². The average Bonchev–Trinajstić information content (AvgIpc) is 3.00. The molecule has 0 saturated carbocycles. The first-order chi connectivity index (χ1) is 20.1. The van der Waals surface area contributed by atoms with Crippen LogP contribution in [0.2, 0.25) is 0 Å². The number of hydrogen-bond acceptors (Lipinski definition) is 9.